The molecule has 0 bridgehead atoms. The minimum absolute atomic E-state index is 0.277. The van der Waals surface area contributed by atoms with Gasteiger partial charge in [-0.25, -0.2) is 4.79 Å². The first-order valence-corrected chi connectivity index (χ1v) is 9.51. The number of aryl methyl sites for hydroxylation is 2. The Morgan fingerprint density at radius 2 is 1.88 bits per heavy atom. The monoisotopic (exact) mass is 356 g/mol. The molecule has 1 fully saturated rings. The van der Waals surface area contributed by atoms with Gasteiger partial charge >= 0.3 is 5.97 Å². The zero-order chi connectivity index (χ0) is 19.5. The lowest BCUT2D eigenvalue weighted by Crippen LogP contribution is -2.38. The van der Waals surface area contributed by atoms with Gasteiger partial charge in [0.2, 0.25) is 0 Å². The highest BCUT2D eigenvalue weighted by Gasteiger charge is 2.44. The highest BCUT2D eigenvalue weighted by Crippen LogP contribution is 2.35. The summed E-state index contributed by atoms with van der Waals surface area (Å²) in [6.45, 7) is 18.9. The molecular weight excluding hydrogens is 324 g/mol. The van der Waals surface area contributed by atoms with Gasteiger partial charge in [-0.15, -0.1) is 11.6 Å². The average molecular weight is 357 g/mol. The van der Waals surface area contributed by atoms with Crippen molar-refractivity contribution in [2.75, 3.05) is 24.5 Å². The number of carbonyl (C=O) groups is 1. The lowest BCUT2D eigenvalue weighted by molar-refractivity contribution is -0.179. The van der Waals surface area contributed by atoms with Gasteiger partial charge in [-0.1, -0.05) is 13.0 Å². The second-order valence-electron chi connectivity index (χ2n) is 7.22. The Morgan fingerprint density at radius 1 is 1.23 bits per heavy atom. The molecule has 142 valence electrons. The van der Waals surface area contributed by atoms with Crippen LogP contribution in [0.25, 0.3) is 6.08 Å². The van der Waals surface area contributed by atoms with Crippen molar-refractivity contribution >= 4 is 17.7 Å². The predicted molar refractivity (Wildman–Crippen MR) is 109 cm³/mol. The number of hydrogen-bond donors (Lipinski definition) is 0. The van der Waals surface area contributed by atoms with E-state index in [0.29, 0.717) is 12.1 Å². The van der Waals surface area contributed by atoms with Crippen molar-refractivity contribution in [1.29, 1.82) is 0 Å². The third kappa shape index (κ3) is 3.70. The van der Waals surface area contributed by atoms with Crippen molar-refractivity contribution in [3.63, 3.8) is 0 Å². The van der Waals surface area contributed by atoms with Crippen LogP contribution in [0.15, 0.2) is 30.4 Å². The van der Waals surface area contributed by atoms with Crippen LogP contribution in [-0.4, -0.2) is 36.2 Å². The van der Waals surface area contributed by atoms with E-state index in [0.717, 1.165) is 25.1 Å². The summed E-state index contributed by atoms with van der Waals surface area (Å²) >= 11 is 0. The SMILES string of the molecule is C=CCN1OC(=O)/C(=C\c2cc(C)c(N(CC)CC)c(CC)c2)C1(C)C. The molecule has 0 unspecified atom stereocenters. The van der Waals surface area contributed by atoms with Crippen LogP contribution in [0.1, 0.15) is 51.3 Å². The lowest BCUT2D eigenvalue weighted by atomic mass is 9.91. The molecule has 1 saturated heterocycles. The van der Waals surface area contributed by atoms with Crippen LogP contribution in [0.2, 0.25) is 0 Å². The van der Waals surface area contributed by atoms with Gasteiger partial charge in [0.1, 0.15) is 0 Å². The number of rotatable bonds is 7. The molecule has 0 radical (unpaired) electrons. The van der Waals surface area contributed by atoms with Gasteiger partial charge in [-0.05, 0) is 75.9 Å². The second-order valence-corrected chi connectivity index (χ2v) is 7.22. The van der Waals surface area contributed by atoms with Crippen molar-refractivity contribution in [3.8, 4) is 0 Å². The van der Waals surface area contributed by atoms with Gasteiger partial charge in [-0.3, -0.25) is 0 Å². The van der Waals surface area contributed by atoms with E-state index in [1.165, 1.54) is 16.8 Å². The normalized spacial score (nSPS) is 18.2. The number of nitrogens with zero attached hydrogens (tertiary/aromatic N) is 2. The smallest absolute Gasteiger partial charge is 0.354 e. The Balaban J connectivity index is 2.50. The van der Waals surface area contributed by atoms with E-state index in [4.69, 9.17) is 4.84 Å². The minimum Gasteiger partial charge on any atom is -0.372 e. The molecule has 0 atom stereocenters. The van der Waals surface area contributed by atoms with Gasteiger partial charge < -0.3 is 9.74 Å². The maximum Gasteiger partial charge on any atom is 0.354 e. The topological polar surface area (TPSA) is 32.8 Å². The molecule has 1 heterocycles. The van der Waals surface area contributed by atoms with Gasteiger partial charge in [-0.2, -0.15) is 0 Å². The van der Waals surface area contributed by atoms with Crippen molar-refractivity contribution in [3.05, 3.63) is 47.1 Å². The molecule has 0 N–H and O–H groups in total. The largest absolute Gasteiger partial charge is 0.372 e. The molecule has 1 aliphatic rings. The summed E-state index contributed by atoms with van der Waals surface area (Å²) in [4.78, 5) is 20.2. The van der Waals surface area contributed by atoms with Crippen LogP contribution in [-0.2, 0) is 16.1 Å². The van der Waals surface area contributed by atoms with Crippen molar-refractivity contribution in [2.45, 2.75) is 53.5 Å². The van der Waals surface area contributed by atoms with E-state index in [-0.39, 0.29) is 5.97 Å². The first-order chi connectivity index (χ1) is 12.3. The van der Waals surface area contributed by atoms with Crippen molar-refractivity contribution < 1.29 is 9.63 Å². The first kappa shape index (κ1) is 20.2. The van der Waals surface area contributed by atoms with Crippen LogP contribution >= 0.6 is 0 Å². The second kappa shape index (κ2) is 8.09. The van der Waals surface area contributed by atoms with Crippen LogP contribution in [0.5, 0.6) is 0 Å². The fraction of sp³-hybridized carbons (Fsp3) is 0.500. The Hall–Kier alpha value is -2.07. The summed E-state index contributed by atoms with van der Waals surface area (Å²) in [5, 5.41) is 1.69. The predicted octanol–water partition coefficient (Wildman–Crippen LogP) is 4.53. The maximum absolute atomic E-state index is 12.4. The van der Waals surface area contributed by atoms with Gasteiger partial charge in [0.05, 0.1) is 17.7 Å². The molecule has 0 spiro atoms. The Kier molecular flexibility index (Phi) is 6.30. The standard InChI is InChI=1S/C22H32N2O2/c1-8-12-24-22(6,7)19(21(25)26-24)15-17-13-16(5)20(18(9-2)14-17)23(10-3)11-4/h8,13-15H,1,9-12H2,2-7H3/b19-15+. The van der Waals surface area contributed by atoms with Crippen LogP contribution in [0.4, 0.5) is 5.69 Å². The third-order valence-electron chi connectivity index (χ3n) is 5.16. The Morgan fingerprint density at radius 3 is 2.42 bits per heavy atom. The quantitative estimate of drug-likeness (QED) is 0.531. The number of carbonyl (C=O) groups excluding carboxylic acids is 1. The highest BCUT2D eigenvalue weighted by atomic mass is 16.7. The fourth-order valence-corrected chi connectivity index (χ4v) is 3.66. The molecule has 1 aromatic rings. The number of anilines is 1. The van der Waals surface area contributed by atoms with Crippen LogP contribution < -0.4 is 4.90 Å². The molecule has 4 nitrogen and oxygen atoms in total. The van der Waals surface area contributed by atoms with Gasteiger partial charge in [0, 0.05) is 18.8 Å². The first-order valence-electron chi connectivity index (χ1n) is 9.51. The van der Waals surface area contributed by atoms with E-state index < -0.39 is 5.54 Å². The molecular formula is C22H32N2O2. The lowest BCUT2D eigenvalue weighted by Gasteiger charge is -2.27. The molecule has 1 aliphatic heterocycles. The number of benzene rings is 1. The molecule has 0 aliphatic carbocycles. The van der Waals surface area contributed by atoms with Crippen molar-refractivity contribution in [2.24, 2.45) is 0 Å². The summed E-state index contributed by atoms with van der Waals surface area (Å²) in [6.07, 6.45) is 4.68. The van der Waals surface area contributed by atoms with E-state index in [2.05, 4.69) is 51.3 Å². The van der Waals surface area contributed by atoms with Crippen LogP contribution in [0, 0.1) is 6.92 Å². The fourth-order valence-electron chi connectivity index (χ4n) is 3.66. The molecule has 26 heavy (non-hydrogen) atoms. The summed E-state index contributed by atoms with van der Waals surface area (Å²) in [7, 11) is 0. The van der Waals surface area contributed by atoms with E-state index in [1.807, 2.05) is 19.9 Å². The molecule has 0 saturated carbocycles. The summed E-state index contributed by atoms with van der Waals surface area (Å²) in [6, 6.07) is 4.37. The zero-order valence-corrected chi connectivity index (χ0v) is 17.1. The van der Waals surface area contributed by atoms with E-state index in [9.17, 15) is 4.79 Å². The van der Waals surface area contributed by atoms with Gasteiger partial charge in [0.25, 0.3) is 0 Å². The molecule has 1 aromatic carbocycles. The molecule has 0 aromatic heterocycles. The molecule has 2 rings (SSSR count). The summed E-state index contributed by atoms with van der Waals surface area (Å²) < 4.78 is 0. The van der Waals surface area contributed by atoms with E-state index in [1.54, 1.807) is 11.1 Å². The summed E-state index contributed by atoms with van der Waals surface area (Å²) in [5.41, 5.74) is 5.12. The highest BCUT2D eigenvalue weighted by molar-refractivity contribution is 5.97. The number of hydroxylamine groups is 2. The maximum atomic E-state index is 12.4. The Bertz CT molecular complexity index is 715. The number of hydrogen-bond acceptors (Lipinski definition) is 4. The third-order valence-corrected chi connectivity index (χ3v) is 5.16. The molecule has 0 amide bonds. The zero-order valence-electron chi connectivity index (χ0n) is 17.1. The summed E-state index contributed by atoms with van der Waals surface area (Å²) in [5.74, 6) is -0.277. The van der Waals surface area contributed by atoms with Crippen molar-refractivity contribution in [1.82, 2.24) is 5.06 Å². The minimum atomic E-state index is -0.483. The Labute approximate surface area is 158 Å². The van der Waals surface area contributed by atoms with Crippen LogP contribution in [0.3, 0.4) is 0 Å². The molecule has 4 heteroatoms. The van der Waals surface area contributed by atoms with Gasteiger partial charge in [0.15, 0.2) is 0 Å². The average Bonchev–Trinajstić information content (AvgIpc) is 2.80. The van der Waals surface area contributed by atoms with E-state index >= 15 is 0 Å².